The lowest BCUT2D eigenvalue weighted by atomic mass is 10.1. The number of ether oxygens (including phenoxy) is 8. The van der Waals surface area contributed by atoms with Crippen molar-refractivity contribution in [1.82, 2.24) is 0 Å². The third kappa shape index (κ3) is 35.2. The molecule has 0 heterocycles. The predicted molar refractivity (Wildman–Crippen MR) is 152 cm³/mol. The molecule has 8 nitrogen and oxygen atoms in total. The molecule has 0 radical (unpaired) electrons. The summed E-state index contributed by atoms with van der Waals surface area (Å²) in [5.74, 6) is 2.40. The Morgan fingerprint density at radius 2 is 0.605 bits per heavy atom. The number of hydrogen-bond donors (Lipinski definition) is 0. The van der Waals surface area contributed by atoms with Gasteiger partial charge in [0.1, 0.15) is 6.61 Å². The largest absolute Gasteiger partial charge is 0.379 e. The lowest BCUT2D eigenvalue weighted by Crippen LogP contribution is -2.15. The van der Waals surface area contributed by atoms with Gasteiger partial charge >= 0.3 is 0 Å². The van der Waals surface area contributed by atoms with Gasteiger partial charge in [-0.2, -0.15) is 0 Å². The summed E-state index contributed by atoms with van der Waals surface area (Å²) in [5, 5.41) is 0. The Hall–Kier alpha value is -0.760. The van der Waals surface area contributed by atoms with Crippen molar-refractivity contribution in [3.8, 4) is 12.3 Å². The van der Waals surface area contributed by atoms with Crippen molar-refractivity contribution in [1.29, 1.82) is 0 Å². The van der Waals surface area contributed by atoms with E-state index in [0.717, 1.165) is 13.0 Å². The summed E-state index contributed by atoms with van der Waals surface area (Å²) in [6, 6.07) is 0. The van der Waals surface area contributed by atoms with Crippen LogP contribution in [0.3, 0.4) is 0 Å². The Bertz CT molecular complexity index is 458. The summed E-state index contributed by atoms with van der Waals surface area (Å²) in [4.78, 5) is 0. The highest BCUT2D eigenvalue weighted by Gasteiger charge is 1.96. The van der Waals surface area contributed by atoms with Crippen molar-refractivity contribution >= 4 is 0 Å². The molecule has 0 spiro atoms. The van der Waals surface area contributed by atoms with Crippen molar-refractivity contribution < 1.29 is 37.9 Å². The van der Waals surface area contributed by atoms with Crippen molar-refractivity contribution in [2.45, 2.75) is 77.6 Å². The Kier molecular flexibility index (Phi) is 35.5. The molecule has 0 aliphatic rings. The summed E-state index contributed by atoms with van der Waals surface area (Å²) >= 11 is 0. The highest BCUT2D eigenvalue weighted by molar-refractivity contribution is 4.82. The SMILES string of the molecule is C#CCOCCOCCOCCOCCOCCOCCOCCOCCCCCCCCCCCCC. The molecule has 0 aromatic rings. The van der Waals surface area contributed by atoms with Gasteiger partial charge in [0.15, 0.2) is 0 Å². The zero-order chi connectivity index (χ0) is 27.5. The van der Waals surface area contributed by atoms with Gasteiger partial charge in [-0.05, 0) is 6.42 Å². The van der Waals surface area contributed by atoms with E-state index in [1.54, 1.807) is 0 Å². The minimum absolute atomic E-state index is 0.318. The summed E-state index contributed by atoms with van der Waals surface area (Å²) in [6.45, 7) is 11.2. The van der Waals surface area contributed by atoms with E-state index in [0.29, 0.717) is 99.1 Å². The second-order valence-electron chi connectivity index (χ2n) is 9.08. The van der Waals surface area contributed by atoms with Gasteiger partial charge in [-0.15, -0.1) is 6.42 Å². The number of rotatable bonds is 34. The molecular weight excluding hydrogens is 488 g/mol. The maximum Gasteiger partial charge on any atom is 0.107 e. The zero-order valence-corrected chi connectivity index (χ0v) is 24.4. The molecule has 0 atom stereocenters. The number of unbranched alkanes of at least 4 members (excludes halogenated alkanes) is 10. The van der Waals surface area contributed by atoms with Gasteiger partial charge < -0.3 is 37.9 Å². The molecule has 0 saturated heterocycles. The first kappa shape index (κ1) is 37.2. The summed E-state index contributed by atoms with van der Waals surface area (Å²) in [5.41, 5.74) is 0. The van der Waals surface area contributed by atoms with E-state index >= 15 is 0 Å². The average Bonchev–Trinajstić information content (AvgIpc) is 2.93. The quantitative estimate of drug-likeness (QED) is 0.0819. The first-order valence-corrected chi connectivity index (χ1v) is 15.0. The normalized spacial score (nSPS) is 11.3. The van der Waals surface area contributed by atoms with Crippen LogP contribution in [0, 0.1) is 12.3 Å². The summed E-state index contributed by atoms with van der Waals surface area (Å²) in [6.07, 6.45) is 20.0. The highest BCUT2D eigenvalue weighted by atomic mass is 16.6. The highest BCUT2D eigenvalue weighted by Crippen LogP contribution is 2.11. The molecule has 0 aliphatic carbocycles. The van der Waals surface area contributed by atoms with Gasteiger partial charge in [0.2, 0.25) is 0 Å². The molecule has 0 bridgehead atoms. The van der Waals surface area contributed by atoms with Gasteiger partial charge in [0, 0.05) is 6.61 Å². The molecule has 0 aromatic heterocycles. The van der Waals surface area contributed by atoms with Crippen LogP contribution in [0.15, 0.2) is 0 Å². The smallest absolute Gasteiger partial charge is 0.107 e. The van der Waals surface area contributed by atoms with E-state index in [1.165, 1.54) is 64.2 Å². The van der Waals surface area contributed by atoms with E-state index in [9.17, 15) is 0 Å². The third-order valence-electron chi connectivity index (χ3n) is 5.68. The second-order valence-corrected chi connectivity index (χ2v) is 9.08. The van der Waals surface area contributed by atoms with Gasteiger partial charge in [-0.25, -0.2) is 0 Å². The van der Waals surface area contributed by atoms with Gasteiger partial charge in [-0.3, -0.25) is 0 Å². The van der Waals surface area contributed by atoms with Crippen molar-refractivity contribution in [2.75, 3.05) is 106 Å². The molecule has 226 valence electrons. The molecule has 0 N–H and O–H groups in total. The van der Waals surface area contributed by atoms with E-state index in [1.807, 2.05) is 0 Å². The molecule has 38 heavy (non-hydrogen) atoms. The van der Waals surface area contributed by atoms with Crippen LogP contribution in [0.25, 0.3) is 0 Å². The molecule has 0 aliphatic heterocycles. The molecule has 0 amide bonds. The Labute approximate surface area is 233 Å². The van der Waals surface area contributed by atoms with E-state index in [4.69, 9.17) is 44.3 Å². The lowest BCUT2D eigenvalue weighted by molar-refractivity contribution is -0.0225. The van der Waals surface area contributed by atoms with Crippen LogP contribution < -0.4 is 0 Å². The fraction of sp³-hybridized carbons (Fsp3) is 0.933. The maximum atomic E-state index is 5.64. The number of terminal acetylenes is 1. The van der Waals surface area contributed by atoms with Gasteiger partial charge in [-0.1, -0.05) is 77.1 Å². The first-order valence-electron chi connectivity index (χ1n) is 15.0. The standard InChI is InChI=1S/C30H58O8/c1-3-5-6-7-8-9-10-11-12-13-14-16-32-18-20-34-22-24-36-26-28-38-30-29-37-27-25-35-23-21-33-19-17-31-15-4-2/h2H,3,5-30H2,1H3. The minimum atomic E-state index is 0.318. The van der Waals surface area contributed by atoms with Gasteiger partial charge in [0.05, 0.1) is 92.5 Å². The van der Waals surface area contributed by atoms with Crippen molar-refractivity contribution in [3.05, 3.63) is 0 Å². The van der Waals surface area contributed by atoms with E-state index < -0.39 is 0 Å². The molecule has 0 rings (SSSR count). The Morgan fingerprint density at radius 1 is 0.342 bits per heavy atom. The molecule has 0 aromatic carbocycles. The average molecular weight is 547 g/mol. The first-order chi connectivity index (χ1) is 18.9. The summed E-state index contributed by atoms with van der Waals surface area (Å²) < 4.78 is 43.4. The van der Waals surface area contributed by atoms with Crippen LogP contribution in [0.5, 0.6) is 0 Å². The van der Waals surface area contributed by atoms with Crippen LogP contribution in [0.1, 0.15) is 77.6 Å². The fourth-order valence-corrected chi connectivity index (χ4v) is 3.54. The summed E-state index contributed by atoms with van der Waals surface area (Å²) in [7, 11) is 0. The van der Waals surface area contributed by atoms with E-state index in [-0.39, 0.29) is 0 Å². The maximum absolute atomic E-state index is 5.64. The second kappa shape index (κ2) is 36.2. The third-order valence-corrected chi connectivity index (χ3v) is 5.68. The van der Waals surface area contributed by atoms with Gasteiger partial charge in [0.25, 0.3) is 0 Å². The molecular formula is C30H58O8. The van der Waals surface area contributed by atoms with E-state index in [2.05, 4.69) is 12.8 Å². The monoisotopic (exact) mass is 546 g/mol. The molecule has 8 heteroatoms. The molecule has 0 fully saturated rings. The van der Waals surface area contributed by atoms with Crippen LogP contribution in [-0.4, -0.2) is 106 Å². The van der Waals surface area contributed by atoms with Crippen LogP contribution >= 0.6 is 0 Å². The van der Waals surface area contributed by atoms with Crippen LogP contribution in [-0.2, 0) is 37.9 Å². The van der Waals surface area contributed by atoms with Crippen LogP contribution in [0.4, 0.5) is 0 Å². The molecule has 0 saturated carbocycles. The topological polar surface area (TPSA) is 73.8 Å². The van der Waals surface area contributed by atoms with Crippen molar-refractivity contribution in [2.24, 2.45) is 0 Å². The number of hydrogen-bond acceptors (Lipinski definition) is 8. The predicted octanol–water partition coefficient (Wildman–Crippen LogP) is 5.06. The molecule has 0 unspecified atom stereocenters. The van der Waals surface area contributed by atoms with Crippen LogP contribution in [0.2, 0.25) is 0 Å². The zero-order valence-electron chi connectivity index (χ0n) is 24.4. The minimum Gasteiger partial charge on any atom is -0.379 e. The Balaban J connectivity index is 3.01. The van der Waals surface area contributed by atoms with Crippen molar-refractivity contribution in [3.63, 3.8) is 0 Å². The Morgan fingerprint density at radius 3 is 0.921 bits per heavy atom. The lowest BCUT2D eigenvalue weighted by Gasteiger charge is -2.08. The fourth-order valence-electron chi connectivity index (χ4n) is 3.54.